The van der Waals surface area contributed by atoms with Crippen molar-refractivity contribution in [3.8, 4) is 0 Å². The minimum atomic E-state index is -1.10. The van der Waals surface area contributed by atoms with E-state index in [4.69, 9.17) is 5.32 Å². The average molecular weight is 390 g/mol. The molecule has 1 aromatic heterocycles. The summed E-state index contributed by atoms with van der Waals surface area (Å²) in [7, 11) is 1.88. The van der Waals surface area contributed by atoms with E-state index in [1.807, 2.05) is 13.1 Å². The third kappa shape index (κ3) is 1.84. The molecule has 5 rings (SSSR count). The summed E-state index contributed by atoms with van der Waals surface area (Å²) in [5.74, 6) is 0.0675. The summed E-state index contributed by atoms with van der Waals surface area (Å²) < 4.78 is 0. The van der Waals surface area contributed by atoms with Crippen molar-refractivity contribution in [2.24, 2.45) is 11.3 Å². The zero-order chi connectivity index (χ0) is 21.0. The highest BCUT2D eigenvalue weighted by molar-refractivity contribution is 5.92. The quantitative estimate of drug-likeness (QED) is 0.623. The zero-order valence-corrected chi connectivity index (χ0v) is 18.6. The fraction of sp³-hybridized carbons (Fsp3) is 0.538. The van der Waals surface area contributed by atoms with Crippen LogP contribution in [0.4, 0.5) is 0 Å². The molecule has 0 amide bonds. The van der Waals surface area contributed by atoms with Crippen LogP contribution in [0, 0.1) is 11.3 Å². The molecule has 29 heavy (non-hydrogen) atoms. The molecule has 154 valence electrons. The van der Waals surface area contributed by atoms with Crippen LogP contribution in [-0.4, -0.2) is 22.7 Å². The van der Waals surface area contributed by atoms with Gasteiger partial charge < -0.3 is 15.4 Å². The third-order valence-electron chi connectivity index (χ3n) is 8.87. The zero-order valence-electron chi connectivity index (χ0n) is 18.6. The lowest BCUT2D eigenvalue weighted by Crippen LogP contribution is -2.68. The maximum absolute atomic E-state index is 13.0. The normalized spacial score (nSPS) is 38.7. The van der Waals surface area contributed by atoms with Crippen LogP contribution in [0.5, 0.6) is 0 Å². The molecule has 1 heterocycles. The number of aromatic nitrogens is 1. The molecule has 3 aliphatic rings. The Morgan fingerprint density at radius 1 is 1.17 bits per heavy atom. The molecule has 0 saturated heterocycles. The van der Waals surface area contributed by atoms with Gasteiger partial charge in [-0.1, -0.05) is 70.5 Å². The third-order valence-corrected chi connectivity index (χ3v) is 8.87. The fourth-order valence-electron chi connectivity index (χ4n) is 7.12. The van der Waals surface area contributed by atoms with E-state index < -0.39 is 11.1 Å². The topological polar surface area (TPSA) is 50.1 Å². The van der Waals surface area contributed by atoms with Crippen LogP contribution in [0.25, 0.3) is 16.2 Å². The molecule has 1 aromatic carbocycles. The fourth-order valence-corrected chi connectivity index (χ4v) is 7.12. The van der Waals surface area contributed by atoms with Gasteiger partial charge in [-0.05, 0) is 35.3 Å². The number of H-pyrrole nitrogens is 1. The van der Waals surface area contributed by atoms with Gasteiger partial charge in [0.2, 0.25) is 0 Å². The van der Waals surface area contributed by atoms with Crippen LogP contribution in [0.15, 0.2) is 43.0 Å². The second-order valence-corrected chi connectivity index (χ2v) is 10.8. The summed E-state index contributed by atoms with van der Waals surface area (Å²) in [6.07, 6.45) is 8.41. The van der Waals surface area contributed by atoms with Crippen LogP contribution in [-0.2, 0) is 16.4 Å². The smallest absolute Gasteiger partial charge is 0.0867 e. The van der Waals surface area contributed by atoms with Gasteiger partial charge in [-0.3, -0.25) is 0 Å². The number of aliphatic hydroxyl groups is 1. The van der Waals surface area contributed by atoms with Gasteiger partial charge >= 0.3 is 0 Å². The van der Waals surface area contributed by atoms with Crippen molar-refractivity contribution in [1.82, 2.24) is 4.98 Å². The number of nitrogens with one attached hydrogen (secondary N) is 1. The number of nitrogens with zero attached hydrogens (tertiary/aromatic N) is 1. The standard InChI is InChI=1S/C26H33N2O/c1-8-24(6)13-12-18-23(4,5)16-10-9-11-17-19(16)20-21(28-17)22(2,3)14-15-25(24,27-7)26(18,20)29/h8-11,14-15,18,28-29H,1,12-13H2,2-7H3/q-1/t18-,24+,25+,26-/m1/s1. The summed E-state index contributed by atoms with van der Waals surface area (Å²) in [5, 5.41) is 19.2. The second-order valence-electron chi connectivity index (χ2n) is 10.8. The Morgan fingerprint density at radius 2 is 1.90 bits per heavy atom. The van der Waals surface area contributed by atoms with Crippen molar-refractivity contribution in [2.45, 2.75) is 69.4 Å². The van der Waals surface area contributed by atoms with Crippen molar-refractivity contribution in [2.75, 3.05) is 7.05 Å². The number of rotatable bonds is 2. The van der Waals surface area contributed by atoms with E-state index in [2.05, 4.69) is 76.5 Å². The first-order valence-electron chi connectivity index (χ1n) is 10.8. The molecule has 0 radical (unpaired) electrons. The first-order valence-corrected chi connectivity index (χ1v) is 10.8. The second kappa shape index (κ2) is 5.25. The summed E-state index contributed by atoms with van der Waals surface area (Å²) in [5.41, 5.74) is 2.07. The summed E-state index contributed by atoms with van der Waals surface area (Å²) in [6, 6.07) is 6.55. The van der Waals surface area contributed by atoms with Crippen LogP contribution in [0.1, 0.15) is 64.3 Å². The molecular weight excluding hydrogens is 356 g/mol. The maximum atomic E-state index is 13.0. The van der Waals surface area contributed by atoms with E-state index in [0.717, 1.165) is 29.6 Å². The van der Waals surface area contributed by atoms with Gasteiger partial charge in [0, 0.05) is 33.5 Å². The van der Waals surface area contributed by atoms with Gasteiger partial charge in [0.05, 0.1) is 5.60 Å². The van der Waals surface area contributed by atoms with Gasteiger partial charge in [-0.25, -0.2) is 0 Å². The molecule has 3 heteroatoms. The predicted molar refractivity (Wildman–Crippen MR) is 120 cm³/mol. The van der Waals surface area contributed by atoms with Crippen molar-refractivity contribution < 1.29 is 5.11 Å². The highest BCUT2D eigenvalue weighted by Gasteiger charge is 2.66. The Morgan fingerprint density at radius 3 is 2.55 bits per heavy atom. The Bertz CT molecular complexity index is 1070. The van der Waals surface area contributed by atoms with Crippen LogP contribution < -0.4 is 0 Å². The number of benzene rings is 1. The number of hydrogen-bond donors (Lipinski definition) is 2. The molecule has 0 spiro atoms. The minimum absolute atomic E-state index is 0.0675. The van der Waals surface area contributed by atoms with Crippen molar-refractivity contribution in [3.05, 3.63) is 65.1 Å². The van der Waals surface area contributed by atoms with E-state index in [1.54, 1.807) is 0 Å². The van der Waals surface area contributed by atoms with Crippen molar-refractivity contribution in [3.63, 3.8) is 0 Å². The molecule has 1 saturated carbocycles. The Balaban J connectivity index is 2.05. The molecule has 4 atom stereocenters. The lowest BCUT2D eigenvalue weighted by atomic mass is 9.43. The van der Waals surface area contributed by atoms with Gasteiger partial charge in [-0.2, -0.15) is 7.05 Å². The molecule has 2 N–H and O–H groups in total. The molecular formula is C26H33N2O-. The van der Waals surface area contributed by atoms with Crippen LogP contribution >= 0.6 is 0 Å². The Kier molecular flexibility index (Phi) is 3.47. The van der Waals surface area contributed by atoms with Gasteiger partial charge in [0.15, 0.2) is 0 Å². The molecule has 1 fully saturated rings. The summed E-state index contributed by atoms with van der Waals surface area (Å²) in [4.78, 5) is 3.72. The maximum Gasteiger partial charge on any atom is 0.0867 e. The Hall–Kier alpha value is -1.84. The van der Waals surface area contributed by atoms with Crippen LogP contribution in [0.2, 0.25) is 0 Å². The van der Waals surface area contributed by atoms with E-state index in [1.165, 1.54) is 10.9 Å². The highest BCUT2D eigenvalue weighted by Crippen LogP contribution is 2.69. The number of aromatic amines is 1. The van der Waals surface area contributed by atoms with Crippen LogP contribution in [0.3, 0.4) is 0 Å². The van der Waals surface area contributed by atoms with Crippen molar-refractivity contribution in [1.29, 1.82) is 0 Å². The summed E-state index contributed by atoms with van der Waals surface area (Å²) >= 11 is 0. The van der Waals surface area contributed by atoms with Gasteiger partial charge in [0.1, 0.15) is 0 Å². The van der Waals surface area contributed by atoms with Gasteiger partial charge in [0.25, 0.3) is 0 Å². The summed E-state index contributed by atoms with van der Waals surface area (Å²) in [6.45, 7) is 15.5. The van der Waals surface area contributed by atoms with Crippen molar-refractivity contribution >= 4 is 10.9 Å². The first kappa shape index (κ1) is 19.1. The lowest BCUT2D eigenvalue weighted by Gasteiger charge is -2.71. The predicted octanol–water partition coefficient (Wildman–Crippen LogP) is 5.84. The SMILES string of the molecule is C=C[C@@]1(C)CC[C@@H]2C(C)(C)c3cccc4[nH]c5c(c34)[C@@]2(O)[C@]1([N-]C)C=CC5(C)C. The average Bonchev–Trinajstić information content (AvgIpc) is 3.05. The van der Waals surface area contributed by atoms with E-state index >= 15 is 0 Å². The molecule has 0 aliphatic heterocycles. The largest absolute Gasteiger partial charge is 0.653 e. The van der Waals surface area contributed by atoms with Gasteiger partial charge in [-0.15, -0.1) is 6.58 Å². The number of hydrogen-bond acceptors (Lipinski definition) is 1. The minimum Gasteiger partial charge on any atom is -0.653 e. The van der Waals surface area contributed by atoms with E-state index in [9.17, 15) is 5.11 Å². The van der Waals surface area contributed by atoms with E-state index in [-0.39, 0.29) is 22.2 Å². The molecule has 0 bridgehead atoms. The number of likely N-dealkylation sites (N-methyl/N-ethyl adjacent to an activating group) is 1. The molecule has 2 aromatic rings. The highest BCUT2D eigenvalue weighted by atomic mass is 16.3. The Labute approximate surface area is 174 Å². The molecule has 3 nitrogen and oxygen atoms in total. The molecule has 0 unspecified atom stereocenters. The first-order chi connectivity index (χ1) is 13.5. The monoisotopic (exact) mass is 389 g/mol. The number of allylic oxidation sites excluding steroid dienone is 1. The lowest BCUT2D eigenvalue weighted by molar-refractivity contribution is -0.146. The van der Waals surface area contributed by atoms with E-state index in [0.29, 0.717) is 0 Å². The molecule has 3 aliphatic carbocycles.